The Labute approximate surface area is 115 Å². The lowest BCUT2D eigenvalue weighted by Crippen LogP contribution is -1.89. The topological polar surface area (TPSA) is 26.3 Å². The maximum Gasteiger partial charge on any atom is 0.252 e. The third kappa shape index (κ3) is 3.03. The quantitative estimate of drug-likeness (QED) is 0.754. The molecule has 0 bridgehead atoms. The Morgan fingerprint density at radius 2 is 1.67 bits per heavy atom. The molecular weight excluding hydrogens is 271 g/mol. The van der Waals surface area contributed by atoms with E-state index in [4.69, 9.17) is 27.9 Å². The van der Waals surface area contributed by atoms with Crippen LogP contribution in [0.2, 0.25) is 5.02 Å². The summed E-state index contributed by atoms with van der Waals surface area (Å²) >= 11 is 11.3. The van der Waals surface area contributed by atoms with Crippen molar-refractivity contribution in [2.45, 2.75) is 6.92 Å². The third-order valence-corrected chi connectivity index (χ3v) is 3.09. The summed E-state index contributed by atoms with van der Waals surface area (Å²) in [5, 5.41) is 0.217. The zero-order valence-corrected chi connectivity index (χ0v) is 11.1. The van der Waals surface area contributed by atoms with Crippen molar-refractivity contribution in [1.29, 1.82) is 0 Å². The van der Waals surface area contributed by atoms with Crippen LogP contribution in [0.25, 0.3) is 0 Å². The van der Waals surface area contributed by atoms with Gasteiger partial charge in [0.15, 0.2) is 0 Å². The van der Waals surface area contributed by atoms with Gasteiger partial charge in [0, 0.05) is 10.6 Å². The van der Waals surface area contributed by atoms with E-state index in [1.807, 2.05) is 13.0 Å². The van der Waals surface area contributed by atoms with E-state index in [9.17, 15) is 4.79 Å². The largest absolute Gasteiger partial charge is 0.457 e. The van der Waals surface area contributed by atoms with E-state index < -0.39 is 5.24 Å². The number of aryl methyl sites for hydroxylation is 1. The van der Waals surface area contributed by atoms with E-state index >= 15 is 0 Å². The van der Waals surface area contributed by atoms with Gasteiger partial charge >= 0.3 is 0 Å². The molecule has 0 spiro atoms. The molecule has 2 aromatic carbocycles. The highest BCUT2D eigenvalue weighted by molar-refractivity contribution is 6.67. The molecular formula is C14H10Cl2O2. The summed E-state index contributed by atoms with van der Waals surface area (Å²) in [5.74, 6) is 1.33. The predicted molar refractivity (Wildman–Crippen MR) is 72.9 cm³/mol. The van der Waals surface area contributed by atoms with Gasteiger partial charge in [-0.3, -0.25) is 4.79 Å². The van der Waals surface area contributed by atoms with Gasteiger partial charge in [-0.25, -0.2) is 0 Å². The molecule has 0 aliphatic heterocycles. The summed E-state index contributed by atoms with van der Waals surface area (Å²) in [7, 11) is 0. The van der Waals surface area contributed by atoms with Gasteiger partial charge in [-0.05, 0) is 66.6 Å². The number of hydrogen-bond donors (Lipinski definition) is 0. The monoisotopic (exact) mass is 280 g/mol. The molecule has 0 saturated carbocycles. The zero-order valence-electron chi connectivity index (χ0n) is 9.61. The van der Waals surface area contributed by atoms with Crippen LogP contribution in [0.3, 0.4) is 0 Å². The molecule has 2 nitrogen and oxygen atoms in total. The molecule has 0 heterocycles. The van der Waals surface area contributed by atoms with E-state index in [1.54, 1.807) is 36.4 Å². The van der Waals surface area contributed by atoms with Gasteiger partial charge in [-0.1, -0.05) is 11.6 Å². The zero-order chi connectivity index (χ0) is 13.1. The van der Waals surface area contributed by atoms with Crippen LogP contribution in [-0.4, -0.2) is 5.24 Å². The van der Waals surface area contributed by atoms with E-state index in [1.165, 1.54) is 0 Å². The minimum absolute atomic E-state index is 0.441. The van der Waals surface area contributed by atoms with Crippen molar-refractivity contribution in [2.24, 2.45) is 0 Å². The van der Waals surface area contributed by atoms with Gasteiger partial charge in [0.25, 0.3) is 5.24 Å². The number of ether oxygens (including phenoxy) is 1. The molecule has 0 aliphatic carbocycles. The number of benzene rings is 2. The van der Waals surface area contributed by atoms with Gasteiger partial charge in [0.05, 0.1) is 0 Å². The molecule has 0 N–H and O–H groups in total. The maximum absolute atomic E-state index is 10.9. The smallest absolute Gasteiger partial charge is 0.252 e. The summed E-state index contributed by atoms with van der Waals surface area (Å²) < 4.78 is 5.64. The number of hydrogen-bond acceptors (Lipinski definition) is 2. The highest BCUT2D eigenvalue weighted by atomic mass is 35.5. The molecule has 2 aromatic rings. The van der Waals surface area contributed by atoms with Crippen LogP contribution in [0, 0.1) is 6.92 Å². The van der Waals surface area contributed by atoms with Gasteiger partial charge in [0.1, 0.15) is 11.5 Å². The molecule has 2 rings (SSSR count). The van der Waals surface area contributed by atoms with Crippen molar-refractivity contribution in [3.05, 3.63) is 58.6 Å². The maximum atomic E-state index is 10.9. The minimum atomic E-state index is -0.483. The van der Waals surface area contributed by atoms with Crippen molar-refractivity contribution in [2.75, 3.05) is 0 Å². The normalized spacial score (nSPS) is 10.2. The number of carbonyl (C=O) groups excluding carboxylic acids is 1. The summed E-state index contributed by atoms with van der Waals surface area (Å²) in [6.45, 7) is 1.91. The van der Waals surface area contributed by atoms with Crippen molar-refractivity contribution in [1.82, 2.24) is 0 Å². The highest BCUT2D eigenvalue weighted by Crippen LogP contribution is 2.26. The second-order valence-electron chi connectivity index (χ2n) is 3.81. The number of halogens is 2. The lowest BCUT2D eigenvalue weighted by Gasteiger charge is -2.07. The highest BCUT2D eigenvalue weighted by Gasteiger charge is 2.03. The molecule has 0 atom stereocenters. The fourth-order valence-corrected chi connectivity index (χ4v) is 1.71. The lowest BCUT2D eigenvalue weighted by molar-refractivity contribution is 0.108. The first-order valence-corrected chi connectivity index (χ1v) is 6.06. The Morgan fingerprint density at radius 1 is 1.06 bits per heavy atom. The molecule has 18 heavy (non-hydrogen) atoms. The fraction of sp³-hybridized carbons (Fsp3) is 0.0714. The lowest BCUT2D eigenvalue weighted by atomic mass is 10.2. The molecule has 0 unspecified atom stereocenters. The van der Waals surface area contributed by atoms with Gasteiger partial charge in [-0.15, -0.1) is 0 Å². The van der Waals surface area contributed by atoms with Crippen molar-refractivity contribution in [3.8, 4) is 11.5 Å². The second kappa shape index (κ2) is 5.42. The van der Waals surface area contributed by atoms with Crippen LogP contribution in [0.15, 0.2) is 42.5 Å². The SMILES string of the molecule is Cc1cc(Oc2ccc(C(=O)Cl)cc2)ccc1Cl. The fourth-order valence-electron chi connectivity index (χ4n) is 1.47. The molecule has 92 valence electrons. The minimum Gasteiger partial charge on any atom is -0.457 e. The van der Waals surface area contributed by atoms with E-state index in [-0.39, 0.29) is 0 Å². The predicted octanol–water partition coefficient (Wildman–Crippen LogP) is 4.82. The average molecular weight is 281 g/mol. The van der Waals surface area contributed by atoms with Crippen molar-refractivity contribution in [3.63, 3.8) is 0 Å². The third-order valence-electron chi connectivity index (χ3n) is 2.45. The van der Waals surface area contributed by atoms with E-state index in [0.29, 0.717) is 22.1 Å². The van der Waals surface area contributed by atoms with Crippen LogP contribution in [0.5, 0.6) is 11.5 Å². The molecule has 0 aliphatic rings. The molecule has 0 amide bonds. The van der Waals surface area contributed by atoms with Crippen LogP contribution < -0.4 is 4.74 Å². The van der Waals surface area contributed by atoms with Crippen LogP contribution in [0.1, 0.15) is 15.9 Å². The van der Waals surface area contributed by atoms with Crippen molar-refractivity contribution >= 4 is 28.4 Å². The van der Waals surface area contributed by atoms with Crippen molar-refractivity contribution < 1.29 is 9.53 Å². The summed E-state index contributed by atoms with van der Waals surface area (Å²) in [6, 6.07) is 12.0. The second-order valence-corrected chi connectivity index (χ2v) is 4.56. The molecule has 0 saturated heterocycles. The van der Waals surface area contributed by atoms with E-state index in [0.717, 1.165) is 5.56 Å². The molecule has 0 radical (unpaired) electrons. The van der Waals surface area contributed by atoms with Gasteiger partial charge in [0.2, 0.25) is 0 Å². The molecule has 0 fully saturated rings. The summed E-state index contributed by atoms with van der Waals surface area (Å²) in [6.07, 6.45) is 0. The molecule has 0 aromatic heterocycles. The standard InChI is InChI=1S/C14H10Cl2O2/c1-9-8-12(6-7-13(9)15)18-11-4-2-10(3-5-11)14(16)17/h2-8H,1H3. The Bertz CT molecular complexity index is 577. The first-order chi connectivity index (χ1) is 8.56. The Morgan fingerprint density at radius 3 is 2.22 bits per heavy atom. The number of rotatable bonds is 3. The first-order valence-electron chi connectivity index (χ1n) is 5.30. The Hall–Kier alpha value is -1.51. The molecule has 4 heteroatoms. The Kier molecular flexibility index (Phi) is 3.90. The summed E-state index contributed by atoms with van der Waals surface area (Å²) in [4.78, 5) is 10.9. The van der Waals surface area contributed by atoms with Gasteiger partial charge < -0.3 is 4.74 Å². The number of carbonyl (C=O) groups is 1. The van der Waals surface area contributed by atoms with Crippen LogP contribution in [-0.2, 0) is 0 Å². The average Bonchev–Trinajstić information content (AvgIpc) is 2.34. The Balaban J connectivity index is 2.18. The van der Waals surface area contributed by atoms with Gasteiger partial charge in [-0.2, -0.15) is 0 Å². The van der Waals surface area contributed by atoms with E-state index in [2.05, 4.69) is 0 Å². The van der Waals surface area contributed by atoms with Crippen LogP contribution in [0.4, 0.5) is 0 Å². The summed E-state index contributed by atoms with van der Waals surface area (Å²) in [5.41, 5.74) is 1.39. The first kappa shape index (κ1) is 12.9. The van der Waals surface area contributed by atoms with Crippen LogP contribution >= 0.6 is 23.2 Å².